The van der Waals surface area contributed by atoms with E-state index < -0.39 is 31.2 Å². The average Bonchev–Trinajstić information content (AvgIpc) is 3.10. The van der Waals surface area contributed by atoms with Crippen LogP contribution in [0.25, 0.3) is 0 Å². The van der Waals surface area contributed by atoms with Gasteiger partial charge in [-0.05, 0) is 39.5 Å². The van der Waals surface area contributed by atoms with E-state index in [9.17, 15) is 18.3 Å². The number of ether oxygens (including phenoxy) is 1. The van der Waals surface area contributed by atoms with Crippen LogP contribution in [-0.4, -0.2) is 54.4 Å². The number of rotatable bonds is 7. The molecule has 2 rings (SSSR count). The maximum Gasteiger partial charge on any atom is 0.247 e. The first kappa shape index (κ1) is 21.8. The molecule has 8 nitrogen and oxygen atoms in total. The molecular weight excluding hydrogens is 372 g/mol. The van der Waals surface area contributed by atoms with Crippen molar-refractivity contribution in [1.29, 1.82) is 0 Å². The van der Waals surface area contributed by atoms with Crippen LogP contribution >= 0.6 is 0 Å². The fourth-order valence-corrected chi connectivity index (χ4v) is 5.16. The van der Waals surface area contributed by atoms with Crippen LogP contribution in [0.4, 0.5) is 5.88 Å². The second kappa shape index (κ2) is 7.89. The molecule has 1 heterocycles. The van der Waals surface area contributed by atoms with Gasteiger partial charge < -0.3 is 14.4 Å². The van der Waals surface area contributed by atoms with Crippen LogP contribution in [0.2, 0.25) is 0 Å². The molecule has 0 unspecified atom stereocenters. The minimum atomic E-state index is -3.71. The second-order valence-electron chi connectivity index (χ2n) is 8.26. The lowest BCUT2D eigenvalue weighted by Crippen LogP contribution is -2.49. The summed E-state index contributed by atoms with van der Waals surface area (Å²) in [5, 5.41) is 15.2. The molecule has 27 heavy (non-hydrogen) atoms. The number of anilines is 1. The Morgan fingerprint density at radius 1 is 1.30 bits per heavy atom. The van der Waals surface area contributed by atoms with Crippen molar-refractivity contribution in [2.75, 3.05) is 19.0 Å². The Kier molecular flexibility index (Phi) is 6.38. The van der Waals surface area contributed by atoms with Crippen LogP contribution in [0.3, 0.4) is 0 Å². The van der Waals surface area contributed by atoms with E-state index in [4.69, 9.17) is 9.26 Å². The number of carbonyl (C=O) groups is 1. The van der Waals surface area contributed by atoms with Gasteiger partial charge in [-0.3, -0.25) is 10.1 Å². The van der Waals surface area contributed by atoms with Crippen molar-refractivity contribution in [3.8, 4) is 0 Å². The van der Waals surface area contributed by atoms with E-state index in [1.165, 1.54) is 19.9 Å². The second-order valence-corrected chi connectivity index (χ2v) is 11.0. The highest BCUT2D eigenvalue weighted by Crippen LogP contribution is 2.33. The first-order valence-electron chi connectivity index (χ1n) is 9.11. The van der Waals surface area contributed by atoms with Crippen molar-refractivity contribution in [2.45, 2.75) is 74.9 Å². The van der Waals surface area contributed by atoms with Gasteiger partial charge in [-0.15, -0.1) is 0 Å². The molecule has 0 spiro atoms. The van der Waals surface area contributed by atoms with E-state index in [-0.39, 0.29) is 18.6 Å². The monoisotopic (exact) mass is 402 g/mol. The maximum absolute atomic E-state index is 13.1. The van der Waals surface area contributed by atoms with Gasteiger partial charge in [0.2, 0.25) is 11.8 Å². The summed E-state index contributed by atoms with van der Waals surface area (Å²) in [5.74, 6) is -0.608. The highest BCUT2D eigenvalue weighted by atomic mass is 32.2. The molecular formula is C18H30N2O6S. The highest BCUT2D eigenvalue weighted by Gasteiger charge is 2.47. The van der Waals surface area contributed by atoms with Gasteiger partial charge >= 0.3 is 0 Å². The summed E-state index contributed by atoms with van der Waals surface area (Å²) >= 11 is 0. The number of amides is 1. The molecule has 2 N–H and O–H groups in total. The number of aliphatic hydroxyl groups is 1. The maximum atomic E-state index is 13.1. The van der Waals surface area contributed by atoms with Crippen LogP contribution in [0, 0.1) is 0 Å². The molecule has 0 aromatic carbocycles. The van der Waals surface area contributed by atoms with Crippen LogP contribution in [0.15, 0.2) is 10.6 Å². The number of methoxy groups -OCH3 is 1. The molecule has 1 amide bonds. The summed E-state index contributed by atoms with van der Waals surface area (Å²) in [4.78, 5) is 12.7. The van der Waals surface area contributed by atoms with Gasteiger partial charge in [0.15, 0.2) is 9.84 Å². The molecule has 1 fully saturated rings. The fourth-order valence-electron chi connectivity index (χ4n) is 3.12. The van der Waals surface area contributed by atoms with Crippen molar-refractivity contribution in [3.05, 3.63) is 11.8 Å². The number of nitrogens with one attached hydrogen (secondary N) is 1. The zero-order valence-corrected chi connectivity index (χ0v) is 17.4. The summed E-state index contributed by atoms with van der Waals surface area (Å²) in [5.41, 5.74) is -0.160. The van der Waals surface area contributed by atoms with Gasteiger partial charge in [0.25, 0.3) is 0 Å². The Morgan fingerprint density at radius 2 is 1.89 bits per heavy atom. The molecule has 1 aromatic rings. The summed E-state index contributed by atoms with van der Waals surface area (Å²) in [6, 6.07) is 1.50. The molecule has 0 saturated heterocycles. The SMILES string of the molecule is COC1CCC(S(=O)(=O)C(C)(C)C(=O)Nc2cc(C(C)(C)CO)no2)CC1. The van der Waals surface area contributed by atoms with Crippen LogP contribution in [-0.2, 0) is 24.8 Å². The number of hydrogen-bond donors (Lipinski definition) is 2. The predicted octanol–water partition coefficient (Wildman–Crippen LogP) is 2.03. The van der Waals surface area contributed by atoms with E-state index >= 15 is 0 Å². The van der Waals surface area contributed by atoms with E-state index in [2.05, 4.69) is 10.5 Å². The largest absolute Gasteiger partial charge is 0.395 e. The Morgan fingerprint density at radius 3 is 2.41 bits per heavy atom. The van der Waals surface area contributed by atoms with Gasteiger partial charge in [0.1, 0.15) is 4.75 Å². The molecule has 154 valence electrons. The van der Waals surface area contributed by atoms with E-state index in [0.717, 1.165) is 0 Å². The summed E-state index contributed by atoms with van der Waals surface area (Å²) in [6.07, 6.45) is 2.37. The van der Waals surface area contributed by atoms with Crippen LogP contribution < -0.4 is 5.32 Å². The molecule has 1 aliphatic carbocycles. The average molecular weight is 403 g/mol. The molecule has 0 bridgehead atoms. The Hall–Kier alpha value is -1.45. The third-order valence-electron chi connectivity index (χ3n) is 5.49. The van der Waals surface area contributed by atoms with Crippen molar-refractivity contribution in [1.82, 2.24) is 5.16 Å². The van der Waals surface area contributed by atoms with Gasteiger partial charge in [-0.25, -0.2) is 8.42 Å². The Balaban J connectivity index is 2.12. The summed E-state index contributed by atoms with van der Waals surface area (Å²) in [7, 11) is -2.08. The topological polar surface area (TPSA) is 119 Å². The van der Waals surface area contributed by atoms with Crippen molar-refractivity contribution >= 4 is 21.6 Å². The first-order chi connectivity index (χ1) is 12.5. The lowest BCUT2D eigenvalue weighted by Gasteiger charge is -2.33. The lowest BCUT2D eigenvalue weighted by molar-refractivity contribution is -0.118. The third kappa shape index (κ3) is 4.35. The molecule has 0 aliphatic heterocycles. The van der Waals surface area contributed by atoms with Crippen LogP contribution in [0.1, 0.15) is 59.1 Å². The fraction of sp³-hybridized carbons (Fsp3) is 0.778. The zero-order valence-electron chi connectivity index (χ0n) is 16.6. The van der Waals surface area contributed by atoms with Crippen molar-refractivity contribution < 1.29 is 27.6 Å². The van der Waals surface area contributed by atoms with Gasteiger partial charge in [0.05, 0.1) is 23.7 Å². The molecule has 0 radical (unpaired) electrons. The van der Waals surface area contributed by atoms with Crippen molar-refractivity contribution in [3.63, 3.8) is 0 Å². The van der Waals surface area contributed by atoms with E-state index in [1.807, 2.05) is 0 Å². The number of carbonyl (C=O) groups excluding carboxylic acids is 1. The molecule has 1 aliphatic rings. The van der Waals surface area contributed by atoms with E-state index in [0.29, 0.717) is 31.4 Å². The van der Waals surface area contributed by atoms with Crippen molar-refractivity contribution in [2.24, 2.45) is 0 Å². The predicted molar refractivity (Wildman–Crippen MR) is 101 cm³/mol. The molecule has 0 atom stereocenters. The summed E-state index contributed by atoms with van der Waals surface area (Å²) < 4.78 is 34.9. The number of aliphatic hydroxyl groups excluding tert-OH is 1. The van der Waals surface area contributed by atoms with Crippen LogP contribution in [0.5, 0.6) is 0 Å². The lowest BCUT2D eigenvalue weighted by atomic mass is 9.91. The number of nitrogens with zero attached hydrogens (tertiary/aromatic N) is 1. The Bertz CT molecular complexity index is 761. The minimum absolute atomic E-state index is 0.0582. The number of aromatic nitrogens is 1. The minimum Gasteiger partial charge on any atom is -0.395 e. The zero-order chi connectivity index (χ0) is 20.5. The van der Waals surface area contributed by atoms with Gasteiger partial charge in [0, 0.05) is 18.6 Å². The molecule has 1 aromatic heterocycles. The van der Waals surface area contributed by atoms with E-state index in [1.54, 1.807) is 21.0 Å². The smallest absolute Gasteiger partial charge is 0.247 e. The standard InChI is InChI=1S/C18H30N2O6S/c1-17(2,11-21)14-10-15(26-20-14)19-16(22)18(3,4)27(23,24)13-8-6-12(25-5)7-9-13/h10,12-13,21H,6-9,11H2,1-5H3,(H,19,22). The summed E-state index contributed by atoms with van der Waals surface area (Å²) in [6.45, 7) is 6.24. The van der Waals surface area contributed by atoms with Gasteiger partial charge in [-0.2, -0.15) is 0 Å². The first-order valence-corrected chi connectivity index (χ1v) is 10.7. The Labute approximate surface area is 160 Å². The number of hydrogen-bond acceptors (Lipinski definition) is 7. The quantitative estimate of drug-likeness (QED) is 0.716. The highest BCUT2D eigenvalue weighted by molar-refractivity contribution is 7.94. The molecule has 1 saturated carbocycles. The normalized spacial score (nSPS) is 21.9. The number of sulfone groups is 1. The third-order valence-corrected chi connectivity index (χ3v) is 8.44. The molecule has 9 heteroatoms. The van der Waals surface area contributed by atoms with Gasteiger partial charge in [-0.1, -0.05) is 19.0 Å².